The van der Waals surface area contributed by atoms with Gasteiger partial charge in [-0.3, -0.25) is 4.79 Å². The molecule has 1 aromatic carbocycles. The van der Waals surface area contributed by atoms with Gasteiger partial charge in [-0.15, -0.1) is 0 Å². The van der Waals surface area contributed by atoms with Crippen LogP contribution in [0, 0.1) is 0 Å². The fourth-order valence-electron chi connectivity index (χ4n) is 2.92. The number of amides is 1. The maximum atomic E-state index is 12.3. The molecule has 0 aliphatic carbocycles. The molecule has 2 aromatic rings. The first-order valence-corrected chi connectivity index (χ1v) is 8.59. The van der Waals surface area contributed by atoms with Gasteiger partial charge in [-0.05, 0) is 25.7 Å². The van der Waals surface area contributed by atoms with E-state index in [1.165, 1.54) is 6.42 Å². The standard InChI is InChI=1S/C19H24N2O3/c1-21(11-10-17-9-5-6-12-23-17)19(22)14-16-13-18(24-20-16)15-7-3-2-4-8-15/h2-4,7-8,13,17H,5-6,9-12,14H2,1H3. The van der Waals surface area contributed by atoms with Crippen LogP contribution in [0.25, 0.3) is 11.3 Å². The van der Waals surface area contributed by atoms with E-state index in [0.717, 1.165) is 31.4 Å². The van der Waals surface area contributed by atoms with Gasteiger partial charge in [0.2, 0.25) is 5.91 Å². The van der Waals surface area contributed by atoms with Crippen molar-refractivity contribution in [2.45, 2.75) is 38.2 Å². The first-order valence-electron chi connectivity index (χ1n) is 8.59. The molecule has 0 saturated carbocycles. The Bertz CT molecular complexity index is 648. The summed E-state index contributed by atoms with van der Waals surface area (Å²) >= 11 is 0. The molecule has 5 heteroatoms. The summed E-state index contributed by atoms with van der Waals surface area (Å²) in [5, 5.41) is 4.02. The average molecular weight is 328 g/mol. The zero-order valence-electron chi connectivity index (χ0n) is 14.1. The zero-order chi connectivity index (χ0) is 16.8. The second kappa shape index (κ2) is 8.11. The number of ether oxygens (including phenoxy) is 1. The number of hydrogen-bond acceptors (Lipinski definition) is 4. The van der Waals surface area contributed by atoms with Crippen molar-refractivity contribution >= 4 is 5.91 Å². The van der Waals surface area contributed by atoms with Crippen LogP contribution in [0.3, 0.4) is 0 Å². The summed E-state index contributed by atoms with van der Waals surface area (Å²) in [5.74, 6) is 0.746. The molecule has 1 saturated heterocycles. The van der Waals surface area contributed by atoms with Gasteiger partial charge in [-0.1, -0.05) is 35.5 Å². The van der Waals surface area contributed by atoms with E-state index in [-0.39, 0.29) is 12.3 Å². The van der Waals surface area contributed by atoms with Crippen LogP contribution in [0.4, 0.5) is 0 Å². The second-order valence-corrected chi connectivity index (χ2v) is 6.32. The van der Waals surface area contributed by atoms with Crippen molar-refractivity contribution in [3.05, 3.63) is 42.1 Å². The summed E-state index contributed by atoms with van der Waals surface area (Å²) in [7, 11) is 1.84. The van der Waals surface area contributed by atoms with Crippen LogP contribution in [0.15, 0.2) is 40.9 Å². The van der Waals surface area contributed by atoms with Gasteiger partial charge in [-0.2, -0.15) is 0 Å². The topological polar surface area (TPSA) is 55.6 Å². The van der Waals surface area contributed by atoms with Gasteiger partial charge in [0.15, 0.2) is 5.76 Å². The first-order chi connectivity index (χ1) is 11.7. The van der Waals surface area contributed by atoms with Gasteiger partial charge in [0.25, 0.3) is 0 Å². The van der Waals surface area contributed by atoms with Gasteiger partial charge >= 0.3 is 0 Å². The highest BCUT2D eigenvalue weighted by atomic mass is 16.5. The van der Waals surface area contributed by atoms with Crippen LogP contribution in [0.5, 0.6) is 0 Å². The third-order valence-electron chi connectivity index (χ3n) is 4.44. The predicted octanol–water partition coefficient (Wildman–Crippen LogP) is 3.30. The fraction of sp³-hybridized carbons (Fsp3) is 0.474. The van der Waals surface area contributed by atoms with Crippen molar-refractivity contribution in [3.8, 4) is 11.3 Å². The maximum Gasteiger partial charge on any atom is 0.228 e. The highest BCUT2D eigenvalue weighted by molar-refractivity contribution is 5.78. The number of hydrogen-bond donors (Lipinski definition) is 0. The van der Waals surface area contributed by atoms with E-state index in [0.29, 0.717) is 24.1 Å². The van der Waals surface area contributed by atoms with Gasteiger partial charge in [0.1, 0.15) is 0 Å². The van der Waals surface area contributed by atoms with Crippen molar-refractivity contribution in [1.82, 2.24) is 10.1 Å². The molecule has 1 unspecified atom stereocenters. The minimum atomic E-state index is 0.0544. The van der Waals surface area contributed by atoms with E-state index in [4.69, 9.17) is 9.26 Å². The SMILES string of the molecule is CN(CCC1CCCCO1)C(=O)Cc1cc(-c2ccccc2)on1. The van der Waals surface area contributed by atoms with Gasteiger partial charge in [-0.25, -0.2) is 0 Å². The molecule has 0 N–H and O–H groups in total. The second-order valence-electron chi connectivity index (χ2n) is 6.32. The lowest BCUT2D eigenvalue weighted by Crippen LogP contribution is -2.32. The molecule has 24 heavy (non-hydrogen) atoms. The number of carbonyl (C=O) groups is 1. The monoisotopic (exact) mass is 328 g/mol. The molecule has 128 valence electrons. The summed E-state index contributed by atoms with van der Waals surface area (Å²) in [6, 6.07) is 11.6. The Morgan fingerprint density at radius 3 is 2.88 bits per heavy atom. The fourth-order valence-corrected chi connectivity index (χ4v) is 2.92. The smallest absolute Gasteiger partial charge is 0.228 e. The lowest BCUT2D eigenvalue weighted by Gasteiger charge is -2.25. The highest BCUT2D eigenvalue weighted by Gasteiger charge is 2.17. The van der Waals surface area contributed by atoms with Crippen molar-refractivity contribution in [2.75, 3.05) is 20.2 Å². The Morgan fingerprint density at radius 1 is 1.29 bits per heavy atom. The van der Waals surface area contributed by atoms with Gasteiger partial charge < -0.3 is 14.2 Å². The predicted molar refractivity (Wildman–Crippen MR) is 91.5 cm³/mol. The van der Waals surface area contributed by atoms with Crippen molar-refractivity contribution in [1.29, 1.82) is 0 Å². The van der Waals surface area contributed by atoms with E-state index in [2.05, 4.69) is 5.16 Å². The van der Waals surface area contributed by atoms with Crippen molar-refractivity contribution in [3.63, 3.8) is 0 Å². The average Bonchev–Trinajstić information content (AvgIpc) is 3.10. The minimum Gasteiger partial charge on any atom is -0.378 e. The molecule has 0 radical (unpaired) electrons. The molecule has 1 fully saturated rings. The Labute approximate surface area is 142 Å². The quantitative estimate of drug-likeness (QED) is 0.816. The molecule has 1 aromatic heterocycles. The number of rotatable bonds is 6. The van der Waals surface area contributed by atoms with E-state index >= 15 is 0 Å². The maximum absolute atomic E-state index is 12.3. The molecular weight excluding hydrogens is 304 g/mol. The summed E-state index contributed by atoms with van der Waals surface area (Å²) in [6.07, 6.45) is 4.94. The number of carbonyl (C=O) groups excluding carboxylic acids is 1. The third-order valence-corrected chi connectivity index (χ3v) is 4.44. The summed E-state index contributed by atoms with van der Waals surface area (Å²) in [6.45, 7) is 1.57. The van der Waals surface area contributed by atoms with Crippen LogP contribution in [-0.2, 0) is 16.0 Å². The molecule has 0 spiro atoms. The molecular formula is C19H24N2O3. The van der Waals surface area contributed by atoms with E-state index < -0.39 is 0 Å². The zero-order valence-corrected chi connectivity index (χ0v) is 14.1. The number of benzene rings is 1. The van der Waals surface area contributed by atoms with Crippen molar-refractivity contribution in [2.24, 2.45) is 0 Å². The summed E-state index contributed by atoms with van der Waals surface area (Å²) in [4.78, 5) is 14.1. The summed E-state index contributed by atoms with van der Waals surface area (Å²) in [5.41, 5.74) is 1.63. The Morgan fingerprint density at radius 2 is 2.12 bits per heavy atom. The first kappa shape index (κ1) is 16.7. The number of likely N-dealkylation sites (N-methyl/N-ethyl adjacent to an activating group) is 1. The number of aromatic nitrogens is 1. The van der Waals surface area contributed by atoms with Crippen LogP contribution < -0.4 is 0 Å². The largest absolute Gasteiger partial charge is 0.378 e. The molecule has 1 aliphatic rings. The van der Waals surface area contributed by atoms with Crippen LogP contribution >= 0.6 is 0 Å². The van der Waals surface area contributed by atoms with Crippen LogP contribution in [-0.4, -0.2) is 42.3 Å². The van der Waals surface area contributed by atoms with Gasteiger partial charge in [0.05, 0.1) is 18.2 Å². The Kier molecular flexibility index (Phi) is 5.64. The lowest BCUT2D eigenvalue weighted by atomic mass is 10.1. The van der Waals surface area contributed by atoms with E-state index in [1.807, 2.05) is 43.4 Å². The Balaban J connectivity index is 1.50. The molecule has 1 aliphatic heterocycles. The molecule has 1 atom stereocenters. The van der Waals surface area contributed by atoms with E-state index in [9.17, 15) is 4.79 Å². The molecule has 2 heterocycles. The summed E-state index contributed by atoms with van der Waals surface area (Å²) < 4.78 is 11.1. The normalized spacial score (nSPS) is 17.6. The molecule has 5 nitrogen and oxygen atoms in total. The third kappa shape index (κ3) is 4.45. The lowest BCUT2D eigenvalue weighted by molar-refractivity contribution is -0.129. The van der Waals surface area contributed by atoms with Gasteiger partial charge in [0, 0.05) is 31.8 Å². The van der Waals surface area contributed by atoms with Crippen LogP contribution in [0.2, 0.25) is 0 Å². The minimum absolute atomic E-state index is 0.0544. The van der Waals surface area contributed by atoms with E-state index in [1.54, 1.807) is 4.90 Å². The highest BCUT2D eigenvalue weighted by Crippen LogP contribution is 2.20. The molecule has 1 amide bonds. The van der Waals surface area contributed by atoms with Crippen LogP contribution in [0.1, 0.15) is 31.4 Å². The van der Waals surface area contributed by atoms with Crippen molar-refractivity contribution < 1.29 is 14.1 Å². The molecule has 0 bridgehead atoms. The number of nitrogens with zero attached hydrogens (tertiary/aromatic N) is 2. The molecule has 3 rings (SSSR count). The Hall–Kier alpha value is -2.14.